The summed E-state index contributed by atoms with van der Waals surface area (Å²) in [6, 6.07) is 7.42. The van der Waals surface area contributed by atoms with Crippen molar-refractivity contribution >= 4 is 11.7 Å². The van der Waals surface area contributed by atoms with Gasteiger partial charge in [0.15, 0.2) is 11.5 Å². The van der Waals surface area contributed by atoms with Crippen LogP contribution in [0.15, 0.2) is 35.6 Å². The molecule has 0 saturated heterocycles. The van der Waals surface area contributed by atoms with Crippen LogP contribution in [0.1, 0.15) is 65.0 Å². The largest absolute Gasteiger partial charge is 0.494 e. The molecule has 0 spiro atoms. The van der Waals surface area contributed by atoms with Crippen molar-refractivity contribution in [1.29, 1.82) is 0 Å². The van der Waals surface area contributed by atoms with Crippen molar-refractivity contribution in [1.82, 2.24) is 9.80 Å². The smallest absolute Gasteiger partial charge is 0.290 e. The van der Waals surface area contributed by atoms with E-state index in [0.717, 1.165) is 56.6 Å². The number of amides is 1. The zero-order valence-corrected chi connectivity index (χ0v) is 20.5. The molecule has 1 aliphatic carbocycles. The summed E-state index contributed by atoms with van der Waals surface area (Å²) in [6.07, 6.45) is 3.41. The second-order valence-electron chi connectivity index (χ2n) is 9.58. The zero-order chi connectivity index (χ0) is 23.5. The molecule has 1 aromatic rings. The third kappa shape index (κ3) is 4.68. The number of fused-ring (bicyclic) bond motifs is 1. The summed E-state index contributed by atoms with van der Waals surface area (Å²) >= 11 is 0. The van der Waals surface area contributed by atoms with Gasteiger partial charge in [0.2, 0.25) is 0 Å². The first kappa shape index (κ1) is 23.8. The molecule has 0 radical (unpaired) electrons. The quantitative estimate of drug-likeness (QED) is 0.555. The van der Waals surface area contributed by atoms with Crippen LogP contribution in [0, 0.1) is 11.8 Å². The Bertz CT molecular complexity index is 907. The molecule has 0 bridgehead atoms. The molecule has 1 amide bonds. The Kier molecular flexibility index (Phi) is 7.42. The standard InChI is InChI=1S/C27H38N2O4/c1-5-28(6-2)14-9-15-29-24(19-10-8-11-20(17-19)32-7-3)23-25(30)21-16-18(4)12-13-22(21)33-26(23)27(29)31/h8,10-11,17-18,21-22,24H,5-7,9,12-16H2,1-4H3. The monoisotopic (exact) mass is 454 g/mol. The van der Waals surface area contributed by atoms with Crippen LogP contribution in [0.25, 0.3) is 0 Å². The Labute approximate surface area is 197 Å². The van der Waals surface area contributed by atoms with E-state index in [-0.39, 0.29) is 23.7 Å². The molecule has 0 N–H and O–H groups in total. The van der Waals surface area contributed by atoms with Crippen molar-refractivity contribution < 1.29 is 19.1 Å². The molecule has 1 saturated carbocycles. The summed E-state index contributed by atoms with van der Waals surface area (Å²) in [4.78, 5) is 31.6. The van der Waals surface area contributed by atoms with Crippen molar-refractivity contribution in [3.8, 4) is 5.75 Å². The van der Waals surface area contributed by atoms with Crippen LogP contribution >= 0.6 is 0 Å². The Hall–Kier alpha value is -2.34. The van der Waals surface area contributed by atoms with Gasteiger partial charge in [-0.2, -0.15) is 0 Å². The van der Waals surface area contributed by atoms with Gasteiger partial charge in [-0.05, 0) is 75.9 Å². The maximum atomic E-state index is 13.8. The number of Topliss-reactive ketones (excluding diaryl/α,β-unsaturated/α-hetero) is 1. The van der Waals surface area contributed by atoms with E-state index in [9.17, 15) is 9.59 Å². The van der Waals surface area contributed by atoms with Gasteiger partial charge in [-0.1, -0.05) is 32.9 Å². The van der Waals surface area contributed by atoms with Gasteiger partial charge in [0.25, 0.3) is 5.91 Å². The molecule has 1 fully saturated rings. The molecule has 3 aliphatic rings. The molecule has 4 rings (SSSR count). The lowest BCUT2D eigenvalue weighted by Gasteiger charge is -2.37. The Morgan fingerprint density at radius 2 is 1.94 bits per heavy atom. The van der Waals surface area contributed by atoms with Crippen LogP contribution in [-0.2, 0) is 14.3 Å². The third-order valence-electron chi connectivity index (χ3n) is 7.46. The van der Waals surface area contributed by atoms with E-state index in [0.29, 0.717) is 30.4 Å². The fraction of sp³-hybridized carbons (Fsp3) is 0.630. The molecule has 4 unspecified atom stereocenters. The molecule has 2 aliphatic heterocycles. The highest BCUT2D eigenvalue weighted by Gasteiger charge is 2.52. The van der Waals surface area contributed by atoms with Crippen LogP contribution < -0.4 is 4.74 Å². The fourth-order valence-electron chi connectivity index (χ4n) is 5.65. The van der Waals surface area contributed by atoms with Crippen molar-refractivity contribution in [2.45, 2.75) is 65.5 Å². The first-order chi connectivity index (χ1) is 16.0. The SMILES string of the molecule is CCOc1cccc(C2C3=C(OC4CCC(C)CC4C3=O)C(=O)N2CCCN(CC)CC)c1. The van der Waals surface area contributed by atoms with Crippen LogP contribution in [0.3, 0.4) is 0 Å². The molecular formula is C27H38N2O4. The number of ketones is 1. The van der Waals surface area contributed by atoms with Gasteiger partial charge in [0, 0.05) is 6.54 Å². The van der Waals surface area contributed by atoms with Crippen LogP contribution in [0.5, 0.6) is 5.75 Å². The van der Waals surface area contributed by atoms with Crippen molar-refractivity contribution in [3.05, 3.63) is 41.2 Å². The van der Waals surface area contributed by atoms with Gasteiger partial charge in [-0.15, -0.1) is 0 Å². The van der Waals surface area contributed by atoms with E-state index in [1.165, 1.54) is 0 Å². The number of nitrogens with zero attached hydrogens (tertiary/aromatic N) is 2. The molecule has 0 aromatic heterocycles. The summed E-state index contributed by atoms with van der Waals surface area (Å²) in [5.41, 5.74) is 1.48. The average molecular weight is 455 g/mol. The highest BCUT2D eigenvalue weighted by atomic mass is 16.5. The van der Waals surface area contributed by atoms with Gasteiger partial charge >= 0.3 is 0 Å². The fourth-order valence-corrected chi connectivity index (χ4v) is 5.65. The first-order valence-electron chi connectivity index (χ1n) is 12.7. The number of hydrogen-bond acceptors (Lipinski definition) is 5. The lowest BCUT2D eigenvalue weighted by Crippen LogP contribution is -2.41. The van der Waals surface area contributed by atoms with Crippen LogP contribution in [-0.4, -0.2) is 60.4 Å². The molecule has 4 atom stereocenters. The number of carbonyl (C=O) groups is 2. The number of ether oxygens (including phenoxy) is 2. The molecule has 180 valence electrons. The van der Waals surface area contributed by atoms with Gasteiger partial charge in [-0.25, -0.2) is 0 Å². The maximum absolute atomic E-state index is 13.8. The first-order valence-corrected chi connectivity index (χ1v) is 12.7. The number of rotatable bonds is 9. The molecule has 6 heteroatoms. The second-order valence-corrected chi connectivity index (χ2v) is 9.58. The topological polar surface area (TPSA) is 59.1 Å². The van der Waals surface area contributed by atoms with Crippen LogP contribution in [0.2, 0.25) is 0 Å². The summed E-state index contributed by atoms with van der Waals surface area (Å²) in [6.45, 7) is 12.5. The van der Waals surface area contributed by atoms with Crippen molar-refractivity contribution in [3.63, 3.8) is 0 Å². The predicted octanol–water partition coefficient (Wildman–Crippen LogP) is 4.36. The second kappa shape index (κ2) is 10.3. The number of carbonyl (C=O) groups excluding carboxylic acids is 2. The molecule has 2 heterocycles. The third-order valence-corrected chi connectivity index (χ3v) is 7.46. The summed E-state index contributed by atoms with van der Waals surface area (Å²) in [7, 11) is 0. The minimum atomic E-state index is -0.407. The lowest BCUT2D eigenvalue weighted by molar-refractivity contribution is -0.136. The van der Waals surface area contributed by atoms with Gasteiger partial charge < -0.3 is 19.3 Å². The molecule has 33 heavy (non-hydrogen) atoms. The summed E-state index contributed by atoms with van der Waals surface area (Å²) < 4.78 is 12.0. The van der Waals surface area contributed by atoms with Gasteiger partial charge in [0.1, 0.15) is 11.9 Å². The lowest BCUT2D eigenvalue weighted by atomic mass is 9.74. The van der Waals surface area contributed by atoms with Gasteiger partial charge in [0.05, 0.1) is 24.1 Å². The summed E-state index contributed by atoms with van der Waals surface area (Å²) in [5.74, 6) is 1.39. The van der Waals surface area contributed by atoms with Crippen molar-refractivity contribution in [2.24, 2.45) is 11.8 Å². The normalized spacial score (nSPS) is 27.0. The van der Waals surface area contributed by atoms with E-state index in [4.69, 9.17) is 9.47 Å². The Morgan fingerprint density at radius 3 is 2.67 bits per heavy atom. The van der Waals surface area contributed by atoms with E-state index < -0.39 is 6.04 Å². The predicted molar refractivity (Wildman–Crippen MR) is 128 cm³/mol. The van der Waals surface area contributed by atoms with Crippen LogP contribution in [0.4, 0.5) is 0 Å². The average Bonchev–Trinajstić information content (AvgIpc) is 3.09. The minimum absolute atomic E-state index is 0.110. The highest BCUT2D eigenvalue weighted by molar-refractivity contribution is 6.11. The zero-order valence-electron chi connectivity index (χ0n) is 20.5. The number of benzene rings is 1. The summed E-state index contributed by atoms with van der Waals surface area (Å²) in [5, 5.41) is 0. The minimum Gasteiger partial charge on any atom is -0.494 e. The molecule has 6 nitrogen and oxygen atoms in total. The van der Waals surface area contributed by atoms with E-state index in [1.54, 1.807) is 0 Å². The highest BCUT2D eigenvalue weighted by Crippen LogP contribution is 2.47. The molecule has 1 aromatic carbocycles. The van der Waals surface area contributed by atoms with Gasteiger partial charge in [-0.3, -0.25) is 9.59 Å². The van der Waals surface area contributed by atoms with E-state index >= 15 is 0 Å². The number of hydrogen-bond donors (Lipinski definition) is 0. The van der Waals surface area contributed by atoms with Crippen molar-refractivity contribution in [2.75, 3.05) is 32.8 Å². The Balaban J connectivity index is 1.67. The maximum Gasteiger partial charge on any atom is 0.290 e. The van der Waals surface area contributed by atoms with E-state index in [1.807, 2.05) is 36.1 Å². The molecular weight excluding hydrogens is 416 g/mol. The Morgan fingerprint density at radius 1 is 1.15 bits per heavy atom. The van der Waals surface area contributed by atoms with E-state index in [2.05, 4.69) is 25.7 Å².